The van der Waals surface area contributed by atoms with E-state index in [0.29, 0.717) is 49.5 Å². The minimum atomic E-state index is -2.60. The number of piperazine rings is 1. The zero-order valence-corrected chi connectivity index (χ0v) is 14.0. The number of halogens is 2. The van der Waals surface area contributed by atoms with Gasteiger partial charge in [0.25, 0.3) is 6.43 Å². The van der Waals surface area contributed by atoms with E-state index in [-0.39, 0.29) is 11.6 Å². The van der Waals surface area contributed by atoms with Gasteiger partial charge in [0, 0.05) is 44.4 Å². The predicted molar refractivity (Wildman–Crippen MR) is 90.1 cm³/mol. The molecule has 0 atom stereocenters. The van der Waals surface area contributed by atoms with Crippen molar-refractivity contribution in [1.29, 1.82) is 5.26 Å². The molecule has 0 N–H and O–H groups in total. The highest BCUT2D eigenvalue weighted by molar-refractivity contribution is 5.44. The van der Waals surface area contributed by atoms with E-state index in [0.717, 1.165) is 12.8 Å². The number of anilines is 2. The summed E-state index contributed by atoms with van der Waals surface area (Å²) in [5, 5.41) is 8.96. The van der Waals surface area contributed by atoms with Crippen molar-refractivity contribution in [2.45, 2.75) is 25.2 Å². The highest BCUT2D eigenvalue weighted by Crippen LogP contribution is 2.39. The van der Waals surface area contributed by atoms with E-state index >= 15 is 0 Å². The normalized spacial score (nSPS) is 17.5. The number of nitrogens with zero attached hydrogens (tertiary/aromatic N) is 7. The number of nitriles is 1. The van der Waals surface area contributed by atoms with Gasteiger partial charge >= 0.3 is 0 Å². The third-order valence-corrected chi connectivity index (χ3v) is 4.56. The van der Waals surface area contributed by atoms with Crippen LogP contribution in [0.1, 0.15) is 42.4 Å². The van der Waals surface area contributed by atoms with Crippen LogP contribution >= 0.6 is 0 Å². The summed E-state index contributed by atoms with van der Waals surface area (Å²) in [7, 11) is 0. The lowest BCUT2D eigenvalue weighted by atomic mass is 10.2. The molecule has 0 bridgehead atoms. The van der Waals surface area contributed by atoms with Crippen molar-refractivity contribution < 1.29 is 8.78 Å². The fourth-order valence-electron chi connectivity index (χ4n) is 2.97. The maximum atomic E-state index is 13.2. The Hall–Kier alpha value is -2.89. The first-order chi connectivity index (χ1) is 12.6. The molecule has 1 aliphatic heterocycles. The van der Waals surface area contributed by atoms with Crippen LogP contribution in [0, 0.1) is 11.3 Å². The van der Waals surface area contributed by atoms with E-state index in [4.69, 9.17) is 5.26 Å². The van der Waals surface area contributed by atoms with Crippen LogP contribution in [-0.4, -0.2) is 46.1 Å². The molecule has 9 heteroatoms. The number of hydrogen-bond donors (Lipinski definition) is 0. The van der Waals surface area contributed by atoms with E-state index in [9.17, 15) is 8.78 Å². The van der Waals surface area contributed by atoms with Crippen LogP contribution in [-0.2, 0) is 0 Å². The molecule has 26 heavy (non-hydrogen) atoms. The Kier molecular flexibility index (Phi) is 4.32. The summed E-state index contributed by atoms with van der Waals surface area (Å²) in [6.45, 7) is 2.48. The molecular formula is C17H17F2N7. The number of hydrogen-bond acceptors (Lipinski definition) is 7. The number of aromatic nitrogens is 4. The lowest BCUT2D eigenvalue weighted by molar-refractivity contribution is 0.145. The van der Waals surface area contributed by atoms with Gasteiger partial charge in [-0.25, -0.2) is 28.7 Å². The van der Waals surface area contributed by atoms with E-state index in [1.807, 2.05) is 15.9 Å². The molecule has 134 valence electrons. The molecule has 0 radical (unpaired) electrons. The van der Waals surface area contributed by atoms with Crippen LogP contribution in [0.3, 0.4) is 0 Å². The highest BCUT2D eigenvalue weighted by Gasteiger charge is 2.30. The van der Waals surface area contributed by atoms with Crippen molar-refractivity contribution in [3.05, 3.63) is 35.5 Å². The molecule has 2 fully saturated rings. The van der Waals surface area contributed by atoms with Gasteiger partial charge < -0.3 is 9.80 Å². The number of rotatable bonds is 4. The molecule has 1 saturated heterocycles. The lowest BCUT2D eigenvalue weighted by Gasteiger charge is -2.35. The molecule has 2 aromatic rings. The summed E-state index contributed by atoms with van der Waals surface area (Å²) in [5.41, 5.74) is 0.119. The molecule has 0 aromatic carbocycles. The maximum Gasteiger partial charge on any atom is 0.280 e. The van der Waals surface area contributed by atoms with Crippen LogP contribution in [0.15, 0.2) is 18.3 Å². The van der Waals surface area contributed by atoms with Gasteiger partial charge in [-0.3, -0.25) is 0 Å². The second-order valence-electron chi connectivity index (χ2n) is 6.41. The van der Waals surface area contributed by atoms with Gasteiger partial charge in [-0.1, -0.05) is 0 Å². The van der Waals surface area contributed by atoms with Crippen LogP contribution in [0.25, 0.3) is 0 Å². The molecule has 0 unspecified atom stereocenters. The minimum absolute atomic E-state index is 0.204. The molecule has 7 nitrogen and oxygen atoms in total. The van der Waals surface area contributed by atoms with E-state index in [2.05, 4.69) is 19.9 Å². The average Bonchev–Trinajstić information content (AvgIpc) is 3.53. The van der Waals surface area contributed by atoms with Gasteiger partial charge in [0.1, 0.15) is 29.1 Å². The molecule has 3 heterocycles. The topological polar surface area (TPSA) is 81.8 Å². The maximum absolute atomic E-state index is 13.2. The zero-order chi connectivity index (χ0) is 18.1. The summed E-state index contributed by atoms with van der Waals surface area (Å²) in [6, 6.07) is 4.95. The second kappa shape index (κ2) is 6.78. The van der Waals surface area contributed by atoms with Gasteiger partial charge in [0.15, 0.2) is 0 Å². The smallest absolute Gasteiger partial charge is 0.280 e. The van der Waals surface area contributed by atoms with Gasteiger partial charge in [-0.2, -0.15) is 5.26 Å². The summed E-state index contributed by atoms with van der Waals surface area (Å²) in [5.74, 6) is 1.82. The summed E-state index contributed by atoms with van der Waals surface area (Å²) >= 11 is 0. The zero-order valence-electron chi connectivity index (χ0n) is 14.0. The van der Waals surface area contributed by atoms with Gasteiger partial charge in [-0.15, -0.1) is 0 Å². The standard InChI is InChI=1S/C17H17F2N7/c18-15(19)13-9-14(24-16(23-13)11-1-2-11)25-5-7-26(8-6-25)17-21-4-3-12(10-20)22-17/h3-4,9,11,15H,1-2,5-8H2. The summed E-state index contributed by atoms with van der Waals surface area (Å²) < 4.78 is 26.3. The minimum Gasteiger partial charge on any atom is -0.353 e. The predicted octanol–water partition coefficient (Wildman–Crippen LogP) is 2.28. The Bertz CT molecular complexity index is 819. The van der Waals surface area contributed by atoms with Crippen LogP contribution in [0.4, 0.5) is 20.5 Å². The van der Waals surface area contributed by atoms with Gasteiger partial charge in [-0.05, 0) is 18.9 Å². The Morgan fingerprint density at radius 3 is 2.46 bits per heavy atom. The third kappa shape index (κ3) is 3.40. The monoisotopic (exact) mass is 357 g/mol. The van der Waals surface area contributed by atoms with Crippen molar-refractivity contribution in [3.63, 3.8) is 0 Å². The van der Waals surface area contributed by atoms with E-state index in [1.165, 1.54) is 6.07 Å². The van der Waals surface area contributed by atoms with Crippen molar-refractivity contribution in [2.24, 2.45) is 0 Å². The Morgan fingerprint density at radius 2 is 1.81 bits per heavy atom. The Balaban J connectivity index is 1.50. The molecular weight excluding hydrogens is 340 g/mol. The summed E-state index contributed by atoms with van der Waals surface area (Å²) in [6.07, 6.45) is 0.894. The van der Waals surface area contributed by atoms with E-state index in [1.54, 1.807) is 12.3 Å². The highest BCUT2D eigenvalue weighted by atomic mass is 19.3. The van der Waals surface area contributed by atoms with Gasteiger partial charge in [0.05, 0.1) is 0 Å². The lowest BCUT2D eigenvalue weighted by Crippen LogP contribution is -2.47. The largest absolute Gasteiger partial charge is 0.353 e. The van der Waals surface area contributed by atoms with Crippen LogP contribution in [0.2, 0.25) is 0 Å². The molecule has 1 saturated carbocycles. The van der Waals surface area contributed by atoms with Crippen molar-refractivity contribution in [2.75, 3.05) is 36.0 Å². The molecule has 2 aromatic heterocycles. The molecule has 0 amide bonds. The first-order valence-corrected chi connectivity index (χ1v) is 8.54. The van der Waals surface area contributed by atoms with Crippen molar-refractivity contribution in [1.82, 2.24) is 19.9 Å². The van der Waals surface area contributed by atoms with Crippen molar-refractivity contribution in [3.8, 4) is 6.07 Å². The molecule has 2 aliphatic rings. The molecule has 4 rings (SSSR count). The fourth-order valence-corrected chi connectivity index (χ4v) is 2.97. The van der Waals surface area contributed by atoms with Crippen LogP contribution < -0.4 is 9.80 Å². The first kappa shape index (κ1) is 16.6. The van der Waals surface area contributed by atoms with Crippen molar-refractivity contribution >= 4 is 11.8 Å². The van der Waals surface area contributed by atoms with Gasteiger partial charge in [0.2, 0.25) is 5.95 Å². The second-order valence-corrected chi connectivity index (χ2v) is 6.41. The number of alkyl halides is 2. The quantitative estimate of drug-likeness (QED) is 0.830. The summed E-state index contributed by atoms with van der Waals surface area (Å²) in [4.78, 5) is 20.9. The fraction of sp³-hybridized carbons (Fsp3) is 0.471. The Labute approximate surface area is 149 Å². The molecule has 0 spiro atoms. The SMILES string of the molecule is N#Cc1ccnc(N2CCN(c3cc(C(F)F)nc(C4CC4)n3)CC2)n1. The Morgan fingerprint density at radius 1 is 1.08 bits per heavy atom. The average molecular weight is 357 g/mol. The van der Waals surface area contributed by atoms with Crippen LogP contribution in [0.5, 0.6) is 0 Å². The molecule has 1 aliphatic carbocycles. The third-order valence-electron chi connectivity index (χ3n) is 4.56. The van der Waals surface area contributed by atoms with E-state index < -0.39 is 6.43 Å². The first-order valence-electron chi connectivity index (χ1n) is 8.54.